The largest absolute Gasteiger partial charge is 0.338 e. The molecule has 2 amide bonds. The van der Waals surface area contributed by atoms with E-state index in [4.69, 9.17) is 0 Å². The average Bonchev–Trinajstić information content (AvgIpc) is 2.72. The molecule has 1 fully saturated rings. The zero-order valence-electron chi connectivity index (χ0n) is 17.6. The monoisotopic (exact) mass is 395 g/mol. The van der Waals surface area contributed by atoms with Gasteiger partial charge in [-0.05, 0) is 30.0 Å². The number of aromatic nitrogens is 2. The Morgan fingerprint density at radius 1 is 1.07 bits per heavy atom. The van der Waals surface area contributed by atoms with E-state index in [1.165, 1.54) is 6.92 Å². The van der Waals surface area contributed by atoms with E-state index in [9.17, 15) is 9.59 Å². The van der Waals surface area contributed by atoms with Crippen LogP contribution in [0.5, 0.6) is 0 Å². The lowest BCUT2D eigenvalue weighted by molar-refractivity contribution is -0.131. The molecule has 0 saturated carbocycles. The summed E-state index contributed by atoms with van der Waals surface area (Å²) in [7, 11) is 0. The number of hydrogen-bond donors (Lipinski definition) is 0. The molecular weight excluding hydrogens is 366 g/mol. The van der Waals surface area contributed by atoms with Crippen LogP contribution >= 0.6 is 0 Å². The molecule has 1 aromatic carbocycles. The molecule has 0 radical (unpaired) electrons. The van der Waals surface area contributed by atoms with Crippen molar-refractivity contribution in [2.45, 2.75) is 33.6 Å². The fraction of sp³-hybridized carbons (Fsp3) is 0.455. The Bertz CT molecular complexity index is 861. The highest BCUT2D eigenvalue weighted by molar-refractivity contribution is 5.99. The molecule has 2 heterocycles. The van der Waals surface area contributed by atoms with Crippen molar-refractivity contribution in [3.63, 3.8) is 0 Å². The fourth-order valence-corrected chi connectivity index (χ4v) is 3.71. The molecule has 0 atom stereocenters. The number of benzene rings is 1. The zero-order valence-corrected chi connectivity index (χ0v) is 17.6. The van der Waals surface area contributed by atoms with Gasteiger partial charge in [0.2, 0.25) is 17.8 Å². The van der Waals surface area contributed by atoms with Crippen molar-refractivity contribution in [3.05, 3.63) is 47.8 Å². The SMILES string of the molecule is CC(=O)N(CC(=O)N1CCN(c2ncccn2)CC1)c1c(C)cccc1C(C)C. The number of carbonyl (C=O) groups is 2. The Hall–Kier alpha value is -2.96. The van der Waals surface area contributed by atoms with Crippen molar-refractivity contribution >= 4 is 23.5 Å². The minimum Gasteiger partial charge on any atom is -0.338 e. The van der Waals surface area contributed by atoms with Gasteiger partial charge in [0.15, 0.2) is 0 Å². The lowest BCUT2D eigenvalue weighted by atomic mass is 9.97. The van der Waals surface area contributed by atoms with Crippen LogP contribution in [0.3, 0.4) is 0 Å². The molecule has 0 bridgehead atoms. The quantitative estimate of drug-likeness (QED) is 0.778. The van der Waals surface area contributed by atoms with E-state index in [0.717, 1.165) is 16.8 Å². The maximum atomic E-state index is 13.0. The highest BCUT2D eigenvalue weighted by Crippen LogP contribution is 2.31. The summed E-state index contributed by atoms with van der Waals surface area (Å²) in [4.78, 5) is 39.5. The summed E-state index contributed by atoms with van der Waals surface area (Å²) in [6.45, 7) is 10.3. The van der Waals surface area contributed by atoms with Crippen LogP contribution in [0.15, 0.2) is 36.7 Å². The molecular formula is C22H29N5O2. The van der Waals surface area contributed by atoms with Crippen molar-refractivity contribution < 1.29 is 9.59 Å². The maximum absolute atomic E-state index is 13.0. The van der Waals surface area contributed by atoms with Crippen molar-refractivity contribution in [1.29, 1.82) is 0 Å². The van der Waals surface area contributed by atoms with E-state index in [2.05, 4.69) is 28.7 Å². The second-order valence-electron chi connectivity index (χ2n) is 7.69. The fourth-order valence-electron chi connectivity index (χ4n) is 3.71. The molecule has 1 aliphatic heterocycles. The first-order valence-corrected chi connectivity index (χ1v) is 10.1. The van der Waals surface area contributed by atoms with Crippen molar-refractivity contribution in [3.8, 4) is 0 Å². The number of nitrogens with zero attached hydrogens (tertiary/aromatic N) is 5. The first kappa shape index (κ1) is 20.8. The number of anilines is 2. The van der Waals surface area contributed by atoms with Crippen molar-refractivity contribution in [2.24, 2.45) is 0 Å². The Morgan fingerprint density at radius 3 is 2.31 bits per heavy atom. The average molecular weight is 396 g/mol. The second kappa shape index (κ2) is 9.03. The number of piperazine rings is 1. The van der Waals surface area contributed by atoms with Gasteiger partial charge in [0.25, 0.3) is 0 Å². The van der Waals surface area contributed by atoms with E-state index in [-0.39, 0.29) is 24.3 Å². The molecule has 29 heavy (non-hydrogen) atoms. The van der Waals surface area contributed by atoms with Crippen LogP contribution in [0.2, 0.25) is 0 Å². The predicted molar refractivity (Wildman–Crippen MR) is 114 cm³/mol. The van der Waals surface area contributed by atoms with Gasteiger partial charge in [-0.3, -0.25) is 9.59 Å². The number of aryl methyl sites for hydroxylation is 1. The molecule has 7 heteroatoms. The number of rotatable bonds is 5. The third kappa shape index (κ3) is 4.72. The second-order valence-corrected chi connectivity index (χ2v) is 7.69. The smallest absolute Gasteiger partial charge is 0.242 e. The van der Waals surface area contributed by atoms with Gasteiger partial charge in [-0.15, -0.1) is 0 Å². The molecule has 2 aromatic rings. The number of hydrogen-bond acceptors (Lipinski definition) is 5. The summed E-state index contributed by atoms with van der Waals surface area (Å²) in [6, 6.07) is 7.81. The van der Waals surface area contributed by atoms with E-state index in [1.807, 2.05) is 30.0 Å². The van der Waals surface area contributed by atoms with Gasteiger partial charge < -0.3 is 14.7 Å². The minimum absolute atomic E-state index is 0.0354. The molecule has 154 valence electrons. The van der Waals surface area contributed by atoms with E-state index in [0.29, 0.717) is 32.1 Å². The first-order chi connectivity index (χ1) is 13.9. The summed E-state index contributed by atoms with van der Waals surface area (Å²) in [5.74, 6) is 0.792. The molecule has 7 nitrogen and oxygen atoms in total. The third-order valence-corrected chi connectivity index (χ3v) is 5.30. The van der Waals surface area contributed by atoms with Crippen LogP contribution < -0.4 is 9.80 Å². The van der Waals surface area contributed by atoms with Gasteiger partial charge in [0.05, 0.1) is 5.69 Å². The lowest BCUT2D eigenvalue weighted by Gasteiger charge is -2.36. The summed E-state index contributed by atoms with van der Waals surface area (Å²) >= 11 is 0. The normalized spacial score (nSPS) is 14.2. The van der Waals surface area contributed by atoms with Crippen molar-refractivity contribution in [1.82, 2.24) is 14.9 Å². The molecule has 1 aliphatic rings. The van der Waals surface area contributed by atoms with Gasteiger partial charge in [0, 0.05) is 45.5 Å². The lowest BCUT2D eigenvalue weighted by Crippen LogP contribution is -2.52. The molecule has 3 rings (SSSR count). The number of carbonyl (C=O) groups excluding carboxylic acids is 2. The van der Waals surface area contributed by atoms with Crippen LogP contribution in [0, 0.1) is 6.92 Å². The first-order valence-electron chi connectivity index (χ1n) is 10.1. The highest BCUT2D eigenvalue weighted by atomic mass is 16.2. The topological polar surface area (TPSA) is 69.6 Å². The van der Waals surface area contributed by atoms with Crippen LogP contribution in [-0.4, -0.2) is 59.4 Å². The number of amides is 2. The Morgan fingerprint density at radius 2 is 1.72 bits per heavy atom. The minimum atomic E-state index is -0.120. The van der Waals surface area contributed by atoms with E-state index >= 15 is 0 Å². The van der Waals surface area contributed by atoms with Crippen LogP contribution in [0.4, 0.5) is 11.6 Å². The zero-order chi connectivity index (χ0) is 21.0. The molecule has 0 aliphatic carbocycles. The van der Waals surface area contributed by atoms with E-state index < -0.39 is 0 Å². The summed E-state index contributed by atoms with van der Waals surface area (Å²) in [6.07, 6.45) is 3.44. The maximum Gasteiger partial charge on any atom is 0.242 e. The summed E-state index contributed by atoms with van der Waals surface area (Å²) < 4.78 is 0. The molecule has 0 spiro atoms. The van der Waals surface area contributed by atoms with Crippen LogP contribution in [0.1, 0.15) is 37.8 Å². The van der Waals surface area contributed by atoms with Crippen LogP contribution in [-0.2, 0) is 9.59 Å². The highest BCUT2D eigenvalue weighted by Gasteiger charge is 2.27. The van der Waals surface area contributed by atoms with Gasteiger partial charge in [-0.1, -0.05) is 32.0 Å². The number of para-hydroxylation sites is 1. The third-order valence-electron chi connectivity index (χ3n) is 5.30. The van der Waals surface area contributed by atoms with Crippen LogP contribution in [0.25, 0.3) is 0 Å². The van der Waals surface area contributed by atoms with Crippen molar-refractivity contribution in [2.75, 3.05) is 42.5 Å². The van der Waals surface area contributed by atoms with Gasteiger partial charge in [-0.25, -0.2) is 9.97 Å². The van der Waals surface area contributed by atoms with E-state index in [1.54, 1.807) is 23.4 Å². The Labute approximate surface area is 172 Å². The molecule has 1 saturated heterocycles. The van der Waals surface area contributed by atoms with Gasteiger partial charge in [0.1, 0.15) is 6.54 Å². The van der Waals surface area contributed by atoms with Gasteiger partial charge in [-0.2, -0.15) is 0 Å². The summed E-state index contributed by atoms with van der Waals surface area (Å²) in [5, 5.41) is 0. The Balaban J connectivity index is 1.71. The Kier molecular flexibility index (Phi) is 6.46. The molecule has 0 N–H and O–H groups in total. The molecule has 1 aromatic heterocycles. The summed E-state index contributed by atoms with van der Waals surface area (Å²) in [5.41, 5.74) is 2.95. The molecule has 0 unspecified atom stereocenters. The predicted octanol–water partition coefficient (Wildman–Crippen LogP) is 2.61. The van der Waals surface area contributed by atoms with Gasteiger partial charge >= 0.3 is 0 Å². The standard InChI is InChI=1S/C22H29N5O2/c1-16(2)19-8-5-7-17(3)21(19)27(18(4)28)15-20(29)25-11-13-26(14-12-25)22-23-9-6-10-24-22/h5-10,16H,11-15H2,1-4H3.